The van der Waals surface area contributed by atoms with Crippen molar-refractivity contribution in [3.63, 3.8) is 0 Å². The van der Waals surface area contributed by atoms with Crippen molar-refractivity contribution < 1.29 is 4.79 Å². The largest absolute Gasteiger partial charge is 0.331 e. The number of aromatic amines is 2. The highest BCUT2D eigenvalue weighted by atomic mass is 35.5. The minimum absolute atomic E-state index is 0.168. The maximum Gasteiger partial charge on any atom is 0.271 e. The number of aromatic nitrogens is 3. The molecule has 2 aromatic heterocycles. The Kier molecular flexibility index (Phi) is 5.90. The van der Waals surface area contributed by atoms with Gasteiger partial charge in [-0.3, -0.25) is 19.6 Å². The molecule has 27 heavy (non-hydrogen) atoms. The van der Waals surface area contributed by atoms with Crippen LogP contribution in [0.15, 0.2) is 58.7 Å². The summed E-state index contributed by atoms with van der Waals surface area (Å²) in [5, 5.41) is 4.53. The van der Waals surface area contributed by atoms with Crippen LogP contribution in [0, 0.1) is 4.77 Å². The van der Waals surface area contributed by atoms with Crippen LogP contribution in [0.2, 0.25) is 5.02 Å². The maximum atomic E-state index is 12.3. The third-order valence-corrected chi connectivity index (χ3v) is 4.13. The Morgan fingerprint density at radius 1 is 1.19 bits per heavy atom. The Bertz CT molecular complexity index is 1090. The molecule has 0 saturated heterocycles. The second kappa shape index (κ2) is 8.52. The molecule has 0 unspecified atom stereocenters. The van der Waals surface area contributed by atoms with Gasteiger partial charge in [0, 0.05) is 35.0 Å². The molecular formula is C18H14ClN5O2S. The summed E-state index contributed by atoms with van der Waals surface area (Å²) >= 11 is 10.9. The van der Waals surface area contributed by atoms with E-state index in [0.717, 1.165) is 5.56 Å². The number of benzene rings is 1. The highest BCUT2D eigenvalue weighted by Crippen LogP contribution is 2.13. The zero-order valence-corrected chi connectivity index (χ0v) is 15.5. The molecule has 0 aliphatic rings. The van der Waals surface area contributed by atoms with Crippen molar-refractivity contribution in [2.75, 3.05) is 0 Å². The summed E-state index contributed by atoms with van der Waals surface area (Å²) in [6, 6.07) is 10.3. The lowest BCUT2D eigenvalue weighted by molar-refractivity contribution is 0.0955. The van der Waals surface area contributed by atoms with E-state index in [9.17, 15) is 9.59 Å². The predicted octanol–water partition coefficient (Wildman–Crippen LogP) is 2.84. The van der Waals surface area contributed by atoms with Gasteiger partial charge in [-0.2, -0.15) is 5.10 Å². The van der Waals surface area contributed by atoms with Crippen LogP contribution in [0.5, 0.6) is 0 Å². The number of nitrogens with one attached hydrogen (secondary N) is 3. The average Bonchev–Trinajstić information content (AvgIpc) is 2.66. The van der Waals surface area contributed by atoms with Gasteiger partial charge in [-0.15, -0.1) is 0 Å². The molecule has 0 atom stereocenters. The number of rotatable bonds is 5. The number of H-pyrrole nitrogens is 2. The minimum atomic E-state index is -0.392. The second-order valence-electron chi connectivity index (χ2n) is 5.54. The van der Waals surface area contributed by atoms with E-state index in [-0.39, 0.29) is 10.3 Å². The van der Waals surface area contributed by atoms with Crippen molar-refractivity contribution in [2.24, 2.45) is 5.10 Å². The van der Waals surface area contributed by atoms with Gasteiger partial charge in [-0.05, 0) is 42.0 Å². The number of pyridine rings is 1. The molecule has 3 aromatic rings. The SMILES string of the molecule is O=C(N/N=C/c1[nH]c(=S)[nH]c(=O)c1Cc1ccc(Cl)cc1)c1ccncc1. The van der Waals surface area contributed by atoms with Crippen LogP contribution in [-0.4, -0.2) is 27.1 Å². The Balaban J connectivity index is 1.84. The van der Waals surface area contributed by atoms with E-state index < -0.39 is 5.91 Å². The van der Waals surface area contributed by atoms with Crippen LogP contribution in [0.4, 0.5) is 0 Å². The number of hydrogen-bond acceptors (Lipinski definition) is 5. The number of carbonyl (C=O) groups is 1. The molecule has 2 heterocycles. The molecule has 1 amide bonds. The van der Waals surface area contributed by atoms with Crippen LogP contribution in [-0.2, 0) is 6.42 Å². The zero-order chi connectivity index (χ0) is 19.2. The number of amides is 1. The van der Waals surface area contributed by atoms with E-state index in [0.29, 0.717) is 28.3 Å². The standard InChI is InChI=1S/C18H14ClN5O2S/c19-13-3-1-11(2-4-13)9-14-15(22-18(27)23-17(14)26)10-21-24-16(25)12-5-7-20-8-6-12/h1-8,10H,9H2,(H,24,25)(H2,22,23,26,27)/b21-10+. The topological polar surface area (TPSA) is 103 Å². The van der Waals surface area contributed by atoms with Crippen LogP contribution >= 0.6 is 23.8 Å². The predicted molar refractivity (Wildman–Crippen MR) is 106 cm³/mol. The van der Waals surface area contributed by atoms with Crippen LogP contribution < -0.4 is 11.0 Å². The Labute approximate surface area is 164 Å². The number of halogens is 1. The molecule has 9 heteroatoms. The molecule has 0 fully saturated rings. The van der Waals surface area contributed by atoms with Crippen molar-refractivity contribution in [1.82, 2.24) is 20.4 Å². The highest BCUT2D eigenvalue weighted by molar-refractivity contribution is 7.71. The smallest absolute Gasteiger partial charge is 0.271 e. The third-order valence-electron chi connectivity index (χ3n) is 3.67. The van der Waals surface area contributed by atoms with Crippen molar-refractivity contribution in [3.8, 4) is 0 Å². The van der Waals surface area contributed by atoms with Crippen LogP contribution in [0.25, 0.3) is 0 Å². The normalized spacial score (nSPS) is 10.9. The first-order chi connectivity index (χ1) is 13.0. The number of carbonyl (C=O) groups excluding carboxylic acids is 1. The fraction of sp³-hybridized carbons (Fsp3) is 0.0556. The summed E-state index contributed by atoms with van der Waals surface area (Å²) in [5.41, 5.74) is 4.24. The molecule has 0 bridgehead atoms. The van der Waals surface area contributed by atoms with Gasteiger partial charge in [0.05, 0.1) is 11.9 Å². The summed E-state index contributed by atoms with van der Waals surface area (Å²) in [6.45, 7) is 0. The first-order valence-corrected chi connectivity index (χ1v) is 8.65. The van der Waals surface area contributed by atoms with Crippen LogP contribution in [0.1, 0.15) is 27.2 Å². The zero-order valence-electron chi connectivity index (χ0n) is 13.9. The van der Waals surface area contributed by atoms with Crippen LogP contribution in [0.3, 0.4) is 0 Å². The van der Waals surface area contributed by atoms with Crippen molar-refractivity contribution in [3.05, 3.63) is 91.3 Å². The van der Waals surface area contributed by atoms with Gasteiger partial charge in [0.15, 0.2) is 4.77 Å². The van der Waals surface area contributed by atoms with E-state index in [4.69, 9.17) is 23.8 Å². The Hall–Kier alpha value is -3.10. The summed E-state index contributed by atoms with van der Waals surface area (Å²) in [4.78, 5) is 33.6. The molecular weight excluding hydrogens is 386 g/mol. The first-order valence-electron chi connectivity index (χ1n) is 7.86. The van der Waals surface area contributed by atoms with Gasteiger partial charge in [0.25, 0.3) is 11.5 Å². The molecule has 136 valence electrons. The van der Waals surface area contributed by atoms with E-state index in [1.165, 1.54) is 18.6 Å². The van der Waals surface area contributed by atoms with E-state index >= 15 is 0 Å². The van der Waals surface area contributed by atoms with Crippen molar-refractivity contribution in [1.29, 1.82) is 0 Å². The summed E-state index contributed by atoms with van der Waals surface area (Å²) in [5.74, 6) is -0.392. The van der Waals surface area contributed by atoms with Crippen molar-refractivity contribution in [2.45, 2.75) is 6.42 Å². The highest BCUT2D eigenvalue weighted by Gasteiger charge is 2.09. The monoisotopic (exact) mass is 399 g/mol. The molecule has 7 nitrogen and oxygen atoms in total. The summed E-state index contributed by atoms with van der Waals surface area (Å²) in [7, 11) is 0. The third kappa shape index (κ3) is 4.96. The number of nitrogens with zero attached hydrogens (tertiary/aromatic N) is 2. The molecule has 0 radical (unpaired) electrons. The minimum Gasteiger partial charge on any atom is -0.331 e. The number of hydrogen-bond donors (Lipinski definition) is 3. The molecule has 0 saturated carbocycles. The fourth-order valence-corrected chi connectivity index (χ4v) is 2.67. The van der Waals surface area contributed by atoms with Gasteiger partial charge < -0.3 is 4.98 Å². The van der Waals surface area contributed by atoms with Crippen molar-refractivity contribution >= 4 is 35.9 Å². The lowest BCUT2D eigenvalue weighted by atomic mass is 10.1. The maximum absolute atomic E-state index is 12.3. The van der Waals surface area contributed by atoms with Gasteiger partial charge in [0.2, 0.25) is 0 Å². The Morgan fingerprint density at radius 3 is 2.59 bits per heavy atom. The molecule has 1 aromatic carbocycles. The fourth-order valence-electron chi connectivity index (χ4n) is 2.35. The lowest BCUT2D eigenvalue weighted by Gasteiger charge is -2.06. The van der Waals surface area contributed by atoms with Gasteiger partial charge in [0.1, 0.15) is 0 Å². The Morgan fingerprint density at radius 2 is 1.89 bits per heavy atom. The molecule has 3 N–H and O–H groups in total. The second-order valence-corrected chi connectivity index (χ2v) is 6.38. The van der Waals surface area contributed by atoms with E-state index in [1.54, 1.807) is 24.3 Å². The number of hydrazone groups is 1. The van der Waals surface area contributed by atoms with E-state index in [1.807, 2.05) is 12.1 Å². The lowest BCUT2D eigenvalue weighted by Crippen LogP contribution is -2.20. The average molecular weight is 400 g/mol. The molecule has 0 aliphatic carbocycles. The van der Waals surface area contributed by atoms with Gasteiger partial charge >= 0.3 is 0 Å². The summed E-state index contributed by atoms with van der Waals surface area (Å²) < 4.78 is 0.168. The molecule has 0 spiro atoms. The van der Waals surface area contributed by atoms with Gasteiger partial charge in [-0.1, -0.05) is 23.7 Å². The molecule has 0 aliphatic heterocycles. The quantitative estimate of drug-likeness (QED) is 0.348. The van der Waals surface area contributed by atoms with E-state index in [2.05, 4.69) is 25.5 Å². The first kappa shape index (κ1) is 18.7. The van der Waals surface area contributed by atoms with Gasteiger partial charge in [-0.25, -0.2) is 5.43 Å². The molecule has 3 rings (SSSR count). The summed E-state index contributed by atoms with van der Waals surface area (Å²) in [6.07, 6.45) is 4.72.